The molecule has 180 valence electrons. The molecule has 0 atom stereocenters. The maximum atomic E-state index is 12.6. The smallest absolute Gasteiger partial charge is 0.329 e. The molecule has 0 bridgehead atoms. The predicted molar refractivity (Wildman–Crippen MR) is 131 cm³/mol. The standard InChI is InChI=1S/C26H24ClN3O5/c1-16-12-19(13-23-25(32)29(26(33)28-23)14-24(31)34-3)17(2)30(16)21-8-10-22(11-9-21)35-15-18-4-6-20(27)7-5-18/h4-13H,14-15H2,1-3H3,(H,28,33)/b23-13+. The molecule has 2 aromatic carbocycles. The van der Waals surface area contributed by atoms with Gasteiger partial charge in [-0.1, -0.05) is 23.7 Å². The zero-order chi connectivity index (χ0) is 25.1. The minimum Gasteiger partial charge on any atom is -0.489 e. The first-order chi connectivity index (χ1) is 16.8. The third-order valence-corrected chi connectivity index (χ3v) is 5.91. The maximum Gasteiger partial charge on any atom is 0.329 e. The number of esters is 1. The van der Waals surface area contributed by atoms with Crippen molar-refractivity contribution < 1.29 is 23.9 Å². The maximum absolute atomic E-state index is 12.6. The fraction of sp³-hybridized carbons (Fsp3) is 0.192. The Morgan fingerprint density at radius 1 is 1.06 bits per heavy atom. The van der Waals surface area contributed by atoms with Crippen molar-refractivity contribution in [2.75, 3.05) is 13.7 Å². The average molecular weight is 494 g/mol. The first-order valence-corrected chi connectivity index (χ1v) is 11.2. The summed E-state index contributed by atoms with van der Waals surface area (Å²) in [6, 6.07) is 16.5. The number of imide groups is 1. The van der Waals surface area contributed by atoms with Crippen LogP contribution in [0, 0.1) is 13.8 Å². The summed E-state index contributed by atoms with van der Waals surface area (Å²) < 4.78 is 12.5. The Bertz CT molecular complexity index is 1310. The molecule has 3 aromatic rings. The summed E-state index contributed by atoms with van der Waals surface area (Å²) in [5, 5.41) is 3.21. The normalized spacial score (nSPS) is 14.4. The van der Waals surface area contributed by atoms with Gasteiger partial charge in [-0.05, 0) is 73.5 Å². The van der Waals surface area contributed by atoms with Crippen LogP contribution in [0.2, 0.25) is 5.02 Å². The molecule has 0 spiro atoms. The Morgan fingerprint density at radius 3 is 2.40 bits per heavy atom. The average Bonchev–Trinajstić information content (AvgIpc) is 3.27. The van der Waals surface area contributed by atoms with Crippen LogP contribution in [0.4, 0.5) is 4.79 Å². The second-order valence-electron chi connectivity index (χ2n) is 8.03. The Kier molecular flexibility index (Phi) is 6.93. The number of nitrogens with one attached hydrogen (secondary N) is 1. The number of carbonyl (C=O) groups excluding carboxylic acids is 3. The SMILES string of the molecule is COC(=O)CN1C(=O)N/C(=C/c2cc(C)n(-c3ccc(OCc4ccc(Cl)cc4)cc3)c2C)C1=O. The largest absolute Gasteiger partial charge is 0.489 e. The molecular formula is C26H24ClN3O5. The molecule has 0 aliphatic carbocycles. The van der Waals surface area contributed by atoms with Crippen LogP contribution in [-0.4, -0.2) is 41.0 Å². The van der Waals surface area contributed by atoms with Gasteiger partial charge in [0, 0.05) is 22.1 Å². The van der Waals surface area contributed by atoms with Gasteiger partial charge in [0.15, 0.2) is 0 Å². The monoisotopic (exact) mass is 493 g/mol. The summed E-state index contributed by atoms with van der Waals surface area (Å²) in [6.45, 7) is 3.88. The molecule has 0 radical (unpaired) electrons. The van der Waals surface area contributed by atoms with E-state index in [1.165, 1.54) is 7.11 Å². The lowest BCUT2D eigenvalue weighted by Gasteiger charge is -2.12. The summed E-state index contributed by atoms with van der Waals surface area (Å²) in [4.78, 5) is 37.0. The summed E-state index contributed by atoms with van der Waals surface area (Å²) in [5.41, 5.74) is 4.66. The van der Waals surface area contributed by atoms with E-state index in [4.69, 9.17) is 16.3 Å². The molecule has 9 heteroatoms. The van der Waals surface area contributed by atoms with Crippen molar-refractivity contribution in [1.82, 2.24) is 14.8 Å². The van der Waals surface area contributed by atoms with E-state index in [0.29, 0.717) is 11.6 Å². The number of hydrogen-bond donors (Lipinski definition) is 1. The van der Waals surface area contributed by atoms with Crippen molar-refractivity contribution in [1.29, 1.82) is 0 Å². The molecular weight excluding hydrogens is 470 g/mol. The van der Waals surface area contributed by atoms with E-state index in [-0.39, 0.29) is 5.70 Å². The van der Waals surface area contributed by atoms with Gasteiger partial charge in [-0.2, -0.15) is 0 Å². The van der Waals surface area contributed by atoms with Crippen LogP contribution in [0.5, 0.6) is 5.75 Å². The Hall–Kier alpha value is -4.04. The first kappa shape index (κ1) is 24.1. The van der Waals surface area contributed by atoms with Gasteiger partial charge in [0.2, 0.25) is 0 Å². The number of rotatable bonds is 7. The number of aromatic nitrogens is 1. The lowest BCUT2D eigenvalue weighted by atomic mass is 10.2. The third kappa shape index (κ3) is 5.22. The number of nitrogens with zero attached hydrogens (tertiary/aromatic N) is 2. The fourth-order valence-electron chi connectivity index (χ4n) is 3.83. The van der Waals surface area contributed by atoms with E-state index in [9.17, 15) is 14.4 Å². The molecule has 1 saturated heterocycles. The minimum absolute atomic E-state index is 0.102. The highest BCUT2D eigenvalue weighted by Crippen LogP contribution is 2.25. The molecule has 0 unspecified atom stereocenters. The van der Waals surface area contributed by atoms with Crippen molar-refractivity contribution in [3.63, 3.8) is 0 Å². The summed E-state index contributed by atoms with van der Waals surface area (Å²) in [7, 11) is 1.20. The molecule has 2 heterocycles. The highest BCUT2D eigenvalue weighted by Gasteiger charge is 2.35. The molecule has 1 aliphatic rings. The van der Waals surface area contributed by atoms with Crippen LogP contribution in [0.1, 0.15) is 22.5 Å². The van der Waals surface area contributed by atoms with E-state index in [1.54, 1.807) is 6.08 Å². The predicted octanol–water partition coefficient (Wildman–Crippen LogP) is 4.39. The lowest BCUT2D eigenvalue weighted by Crippen LogP contribution is -2.36. The number of amides is 3. The van der Waals surface area contributed by atoms with Gasteiger partial charge in [-0.25, -0.2) is 9.69 Å². The van der Waals surface area contributed by atoms with Crippen molar-refractivity contribution in [3.8, 4) is 11.4 Å². The number of methoxy groups -OCH3 is 1. The van der Waals surface area contributed by atoms with Gasteiger partial charge in [-0.3, -0.25) is 9.59 Å². The van der Waals surface area contributed by atoms with Gasteiger partial charge in [0.1, 0.15) is 24.6 Å². The Morgan fingerprint density at radius 2 is 1.74 bits per heavy atom. The number of halogens is 1. The quantitative estimate of drug-likeness (QED) is 0.299. The van der Waals surface area contributed by atoms with Crippen LogP contribution >= 0.6 is 11.6 Å². The number of ether oxygens (including phenoxy) is 2. The molecule has 0 saturated carbocycles. The van der Waals surface area contributed by atoms with Crippen molar-refractivity contribution in [2.24, 2.45) is 0 Å². The third-order valence-electron chi connectivity index (χ3n) is 5.66. The van der Waals surface area contributed by atoms with Gasteiger partial charge in [0.25, 0.3) is 5.91 Å². The number of hydrogen-bond acceptors (Lipinski definition) is 5. The molecule has 1 N–H and O–H groups in total. The lowest BCUT2D eigenvalue weighted by molar-refractivity contribution is -0.143. The summed E-state index contributed by atoms with van der Waals surface area (Å²) >= 11 is 5.92. The molecule has 1 fully saturated rings. The first-order valence-electron chi connectivity index (χ1n) is 10.8. The minimum atomic E-state index is -0.673. The number of carbonyl (C=O) groups is 3. The number of benzene rings is 2. The Labute approximate surface area is 207 Å². The zero-order valence-electron chi connectivity index (χ0n) is 19.5. The van der Waals surface area contributed by atoms with E-state index in [1.807, 2.05) is 73.0 Å². The fourth-order valence-corrected chi connectivity index (χ4v) is 3.96. The second-order valence-corrected chi connectivity index (χ2v) is 8.46. The van der Waals surface area contributed by atoms with Crippen molar-refractivity contribution in [2.45, 2.75) is 20.5 Å². The number of urea groups is 1. The second kappa shape index (κ2) is 10.1. The van der Waals surface area contributed by atoms with E-state index < -0.39 is 24.5 Å². The van der Waals surface area contributed by atoms with Crippen LogP contribution in [0.25, 0.3) is 11.8 Å². The molecule has 8 nitrogen and oxygen atoms in total. The Balaban J connectivity index is 1.50. The molecule has 3 amide bonds. The van der Waals surface area contributed by atoms with E-state index in [2.05, 4.69) is 10.1 Å². The van der Waals surface area contributed by atoms with Crippen LogP contribution in [0.15, 0.2) is 60.3 Å². The van der Waals surface area contributed by atoms with E-state index in [0.717, 1.165) is 38.9 Å². The van der Waals surface area contributed by atoms with Crippen molar-refractivity contribution in [3.05, 3.63) is 87.8 Å². The molecule has 1 aromatic heterocycles. The molecule has 35 heavy (non-hydrogen) atoms. The van der Waals surface area contributed by atoms with E-state index >= 15 is 0 Å². The van der Waals surface area contributed by atoms with Gasteiger partial charge >= 0.3 is 12.0 Å². The van der Waals surface area contributed by atoms with Crippen LogP contribution in [0.3, 0.4) is 0 Å². The van der Waals surface area contributed by atoms with Crippen LogP contribution < -0.4 is 10.1 Å². The zero-order valence-corrected chi connectivity index (χ0v) is 20.3. The molecule has 4 rings (SSSR count). The van der Waals surface area contributed by atoms with Gasteiger partial charge < -0.3 is 19.4 Å². The van der Waals surface area contributed by atoms with Crippen molar-refractivity contribution >= 4 is 35.6 Å². The topological polar surface area (TPSA) is 89.9 Å². The van der Waals surface area contributed by atoms with Crippen LogP contribution in [-0.2, 0) is 20.9 Å². The number of aryl methyl sites for hydroxylation is 1. The van der Waals surface area contributed by atoms with Gasteiger partial charge in [0.05, 0.1) is 7.11 Å². The highest BCUT2D eigenvalue weighted by molar-refractivity contribution is 6.30. The molecule has 1 aliphatic heterocycles. The highest BCUT2D eigenvalue weighted by atomic mass is 35.5. The van der Waals surface area contributed by atoms with Gasteiger partial charge in [-0.15, -0.1) is 0 Å². The summed E-state index contributed by atoms with van der Waals surface area (Å²) in [6.07, 6.45) is 1.61. The summed E-state index contributed by atoms with van der Waals surface area (Å²) in [5.74, 6) is -0.514.